The van der Waals surface area contributed by atoms with Crippen molar-refractivity contribution in [2.24, 2.45) is 0 Å². The first-order valence-corrected chi connectivity index (χ1v) is 4.22. The van der Waals surface area contributed by atoms with E-state index >= 15 is 0 Å². The van der Waals surface area contributed by atoms with Crippen LogP contribution < -0.4 is 5.32 Å². The molecule has 0 aliphatic rings. The van der Waals surface area contributed by atoms with Crippen LogP contribution in [0.25, 0.3) is 0 Å². The van der Waals surface area contributed by atoms with Crippen molar-refractivity contribution in [1.82, 2.24) is 5.32 Å². The lowest BCUT2D eigenvalue weighted by molar-refractivity contribution is 0.284. The highest BCUT2D eigenvalue weighted by Crippen LogP contribution is 1.86. The van der Waals surface area contributed by atoms with Gasteiger partial charge < -0.3 is 10.4 Å². The van der Waals surface area contributed by atoms with Gasteiger partial charge in [-0.2, -0.15) is 0 Å². The number of rotatable bonds is 6. The summed E-state index contributed by atoms with van der Waals surface area (Å²) in [7, 11) is 0. The van der Waals surface area contributed by atoms with Crippen LogP contribution in [-0.4, -0.2) is 24.8 Å². The van der Waals surface area contributed by atoms with Crippen LogP contribution in [0.5, 0.6) is 0 Å². The molecular formula is C9H19NO. The van der Waals surface area contributed by atoms with Crippen molar-refractivity contribution in [2.45, 2.75) is 26.7 Å². The molecule has 0 heterocycles. The third-order valence-electron chi connectivity index (χ3n) is 1.42. The number of hydrogen-bond acceptors (Lipinski definition) is 2. The summed E-state index contributed by atoms with van der Waals surface area (Å²) in [6, 6.07) is 0. The smallest absolute Gasteiger partial charge is 0.0431 e. The summed E-state index contributed by atoms with van der Waals surface area (Å²) in [5.41, 5.74) is 1.35. The molecule has 0 fully saturated rings. The molecule has 0 aliphatic heterocycles. The Morgan fingerprint density at radius 3 is 2.64 bits per heavy atom. The summed E-state index contributed by atoms with van der Waals surface area (Å²) >= 11 is 0. The quantitative estimate of drug-likeness (QED) is 0.450. The van der Waals surface area contributed by atoms with Gasteiger partial charge >= 0.3 is 0 Å². The van der Waals surface area contributed by atoms with Gasteiger partial charge in [-0.15, -0.1) is 0 Å². The predicted octanol–water partition coefficient (Wildman–Crippen LogP) is 1.31. The van der Waals surface area contributed by atoms with Crippen LogP contribution in [-0.2, 0) is 0 Å². The van der Waals surface area contributed by atoms with Gasteiger partial charge in [-0.1, -0.05) is 11.6 Å². The first kappa shape index (κ1) is 10.7. The molecule has 11 heavy (non-hydrogen) atoms. The lowest BCUT2D eigenvalue weighted by Crippen LogP contribution is -2.15. The number of allylic oxidation sites excluding steroid dienone is 1. The Kier molecular flexibility index (Phi) is 7.52. The van der Waals surface area contributed by atoms with Crippen molar-refractivity contribution in [3.8, 4) is 0 Å². The molecule has 0 spiro atoms. The fraction of sp³-hybridized carbons (Fsp3) is 0.778. The summed E-state index contributed by atoms with van der Waals surface area (Å²) < 4.78 is 0. The molecule has 2 heteroatoms. The van der Waals surface area contributed by atoms with Gasteiger partial charge in [-0.25, -0.2) is 0 Å². The van der Waals surface area contributed by atoms with E-state index in [1.54, 1.807) is 0 Å². The maximum Gasteiger partial charge on any atom is 0.0431 e. The summed E-state index contributed by atoms with van der Waals surface area (Å²) in [4.78, 5) is 0. The molecule has 0 amide bonds. The van der Waals surface area contributed by atoms with E-state index in [9.17, 15) is 0 Å². The standard InChI is InChI=1S/C9H19NO/c1-9(2)5-7-10-6-3-4-8-11/h5,10-11H,3-4,6-8H2,1-2H3. The average Bonchev–Trinajstić information content (AvgIpc) is 1.96. The van der Waals surface area contributed by atoms with Crippen molar-refractivity contribution in [3.63, 3.8) is 0 Å². The van der Waals surface area contributed by atoms with Gasteiger partial charge in [0, 0.05) is 13.2 Å². The molecule has 0 rings (SSSR count). The monoisotopic (exact) mass is 157 g/mol. The SMILES string of the molecule is CC(C)=CCNCCCCO. The molecule has 2 nitrogen and oxygen atoms in total. The minimum absolute atomic E-state index is 0.310. The van der Waals surface area contributed by atoms with E-state index in [2.05, 4.69) is 25.2 Å². The van der Waals surface area contributed by atoms with Crippen molar-refractivity contribution < 1.29 is 5.11 Å². The predicted molar refractivity (Wildman–Crippen MR) is 48.6 cm³/mol. The Hall–Kier alpha value is -0.340. The van der Waals surface area contributed by atoms with Crippen molar-refractivity contribution in [1.29, 1.82) is 0 Å². The zero-order valence-electron chi connectivity index (χ0n) is 7.56. The molecule has 0 aromatic carbocycles. The largest absolute Gasteiger partial charge is 0.396 e. The molecule has 66 valence electrons. The highest BCUT2D eigenvalue weighted by Gasteiger charge is 1.84. The maximum absolute atomic E-state index is 8.47. The van der Waals surface area contributed by atoms with Crippen LogP contribution in [0.1, 0.15) is 26.7 Å². The van der Waals surface area contributed by atoms with Gasteiger partial charge in [0.25, 0.3) is 0 Å². The van der Waals surface area contributed by atoms with Gasteiger partial charge in [0.15, 0.2) is 0 Å². The molecule has 0 bridgehead atoms. The first-order valence-electron chi connectivity index (χ1n) is 4.22. The number of aliphatic hydroxyl groups excluding tert-OH is 1. The highest BCUT2D eigenvalue weighted by molar-refractivity contribution is 4.94. The fourth-order valence-corrected chi connectivity index (χ4v) is 0.740. The molecule has 0 radical (unpaired) electrons. The Morgan fingerprint density at radius 2 is 2.09 bits per heavy atom. The summed E-state index contributed by atoms with van der Waals surface area (Å²) in [6.45, 7) is 6.45. The Morgan fingerprint density at radius 1 is 1.36 bits per heavy atom. The highest BCUT2D eigenvalue weighted by atomic mass is 16.2. The third kappa shape index (κ3) is 9.66. The lowest BCUT2D eigenvalue weighted by Gasteiger charge is -1.99. The van der Waals surface area contributed by atoms with Gasteiger partial charge in [-0.05, 0) is 33.2 Å². The Bertz CT molecular complexity index is 106. The lowest BCUT2D eigenvalue weighted by atomic mass is 10.3. The van der Waals surface area contributed by atoms with Crippen molar-refractivity contribution in [2.75, 3.05) is 19.7 Å². The van der Waals surface area contributed by atoms with Gasteiger partial charge in [0.2, 0.25) is 0 Å². The minimum Gasteiger partial charge on any atom is -0.396 e. The van der Waals surface area contributed by atoms with E-state index in [1.165, 1.54) is 5.57 Å². The normalized spacial score (nSPS) is 9.73. The first-order chi connectivity index (χ1) is 5.27. The Labute approximate surface area is 69.3 Å². The third-order valence-corrected chi connectivity index (χ3v) is 1.42. The summed E-state index contributed by atoms with van der Waals surface area (Å²) in [5.74, 6) is 0. The van der Waals surface area contributed by atoms with Gasteiger partial charge in [-0.3, -0.25) is 0 Å². The number of nitrogens with one attached hydrogen (secondary N) is 1. The minimum atomic E-state index is 0.310. The van der Waals surface area contributed by atoms with E-state index in [1.807, 2.05) is 0 Å². The molecular weight excluding hydrogens is 138 g/mol. The van der Waals surface area contributed by atoms with Crippen molar-refractivity contribution in [3.05, 3.63) is 11.6 Å². The molecule has 0 aromatic heterocycles. The molecule has 0 saturated carbocycles. The van der Waals surface area contributed by atoms with Crippen LogP contribution in [0.15, 0.2) is 11.6 Å². The summed E-state index contributed by atoms with van der Waals surface area (Å²) in [6.07, 6.45) is 4.13. The molecule has 0 aromatic rings. The number of unbranched alkanes of at least 4 members (excludes halogenated alkanes) is 1. The van der Waals surface area contributed by atoms with E-state index in [4.69, 9.17) is 5.11 Å². The Balaban J connectivity index is 2.97. The zero-order chi connectivity index (χ0) is 8.53. The molecule has 0 atom stereocenters. The molecule has 0 unspecified atom stereocenters. The van der Waals surface area contributed by atoms with Crippen LogP contribution in [0.2, 0.25) is 0 Å². The number of hydrogen-bond donors (Lipinski definition) is 2. The second-order valence-corrected chi connectivity index (χ2v) is 2.92. The molecule has 2 N–H and O–H groups in total. The maximum atomic E-state index is 8.47. The molecule has 0 saturated heterocycles. The summed E-state index contributed by atoms with van der Waals surface area (Å²) in [5, 5.41) is 11.7. The van der Waals surface area contributed by atoms with Crippen LogP contribution in [0.4, 0.5) is 0 Å². The second-order valence-electron chi connectivity index (χ2n) is 2.92. The topological polar surface area (TPSA) is 32.3 Å². The van der Waals surface area contributed by atoms with E-state index in [0.717, 1.165) is 25.9 Å². The van der Waals surface area contributed by atoms with Crippen LogP contribution >= 0.6 is 0 Å². The number of aliphatic hydroxyl groups is 1. The second kappa shape index (κ2) is 7.76. The van der Waals surface area contributed by atoms with E-state index < -0.39 is 0 Å². The van der Waals surface area contributed by atoms with Gasteiger partial charge in [0.1, 0.15) is 0 Å². The van der Waals surface area contributed by atoms with Crippen molar-refractivity contribution >= 4 is 0 Å². The van der Waals surface area contributed by atoms with Crippen LogP contribution in [0.3, 0.4) is 0 Å². The molecule has 0 aliphatic carbocycles. The fourth-order valence-electron chi connectivity index (χ4n) is 0.740. The zero-order valence-corrected chi connectivity index (χ0v) is 7.56. The van der Waals surface area contributed by atoms with E-state index in [-0.39, 0.29) is 0 Å². The van der Waals surface area contributed by atoms with E-state index in [0.29, 0.717) is 6.61 Å². The van der Waals surface area contributed by atoms with Gasteiger partial charge in [0.05, 0.1) is 0 Å². The average molecular weight is 157 g/mol. The van der Waals surface area contributed by atoms with Crippen LogP contribution in [0, 0.1) is 0 Å².